The molecule has 0 aliphatic heterocycles. The van der Waals surface area contributed by atoms with Gasteiger partial charge in [0.1, 0.15) is 0 Å². The maximum Gasteiger partial charge on any atom is 0.186 e. The Morgan fingerprint density at radius 3 is 2.35 bits per heavy atom. The van der Waals surface area contributed by atoms with E-state index in [2.05, 4.69) is 29.7 Å². The zero-order valence-electron chi connectivity index (χ0n) is 14.4. The van der Waals surface area contributed by atoms with E-state index in [9.17, 15) is 0 Å². The van der Waals surface area contributed by atoms with Crippen LogP contribution in [0.25, 0.3) is 0 Å². The van der Waals surface area contributed by atoms with Crippen LogP contribution in [0.15, 0.2) is 23.3 Å². The standard InChI is InChI=1S/C17H27N3O2S/c1-5-10-21-15-9-8-14(12-16(15)22-11-6-2)13(4)19-20-17(23)18-7-3/h8-9,12H,5-7,10-11H2,1-4H3,(H2,18,20,23)/b19-13-. The van der Waals surface area contributed by atoms with E-state index in [0.29, 0.717) is 18.3 Å². The van der Waals surface area contributed by atoms with E-state index >= 15 is 0 Å². The predicted octanol–water partition coefficient (Wildman–Crippen LogP) is 3.47. The Morgan fingerprint density at radius 1 is 1.09 bits per heavy atom. The fourth-order valence-corrected chi connectivity index (χ4v) is 1.98. The topological polar surface area (TPSA) is 54.9 Å². The SMILES string of the molecule is CCCOc1ccc(/C(C)=N\NC(=S)NCC)cc1OCCC. The van der Waals surface area contributed by atoms with Gasteiger partial charge in [0.2, 0.25) is 0 Å². The second kappa shape index (κ2) is 10.8. The molecule has 0 bridgehead atoms. The summed E-state index contributed by atoms with van der Waals surface area (Å²) in [7, 11) is 0. The molecule has 0 atom stereocenters. The van der Waals surface area contributed by atoms with Crippen LogP contribution in [0, 0.1) is 0 Å². The highest BCUT2D eigenvalue weighted by molar-refractivity contribution is 7.80. The first kappa shape index (κ1) is 19.2. The molecule has 1 aromatic carbocycles. The van der Waals surface area contributed by atoms with Crippen molar-refractivity contribution in [2.75, 3.05) is 19.8 Å². The molecule has 1 aromatic rings. The van der Waals surface area contributed by atoms with Gasteiger partial charge in [0.15, 0.2) is 16.6 Å². The third-order valence-electron chi connectivity index (χ3n) is 2.95. The number of thiocarbonyl (C=S) groups is 1. The van der Waals surface area contributed by atoms with Gasteiger partial charge in [0, 0.05) is 12.1 Å². The van der Waals surface area contributed by atoms with Gasteiger partial charge < -0.3 is 14.8 Å². The molecule has 2 N–H and O–H groups in total. The van der Waals surface area contributed by atoms with E-state index in [4.69, 9.17) is 21.7 Å². The molecule has 5 nitrogen and oxygen atoms in total. The second-order valence-corrected chi connectivity index (χ2v) is 5.44. The fraction of sp³-hybridized carbons (Fsp3) is 0.529. The Morgan fingerprint density at radius 2 is 1.74 bits per heavy atom. The van der Waals surface area contributed by atoms with Gasteiger partial charge in [-0.1, -0.05) is 13.8 Å². The first-order chi connectivity index (χ1) is 11.1. The van der Waals surface area contributed by atoms with Crippen LogP contribution in [0.2, 0.25) is 0 Å². The minimum atomic E-state index is 0.511. The van der Waals surface area contributed by atoms with Crippen molar-refractivity contribution < 1.29 is 9.47 Å². The number of hydrazone groups is 1. The zero-order valence-corrected chi connectivity index (χ0v) is 15.3. The molecule has 23 heavy (non-hydrogen) atoms. The fourth-order valence-electron chi connectivity index (χ4n) is 1.79. The molecule has 1 rings (SSSR count). The Kier molecular flexibility index (Phi) is 9.05. The molecule has 0 spiro atoms. The van der Waals surface area contributed by atoms with Gasteiger partial charge in [-0.2, -0.15) is 5.10 Å². The van der Waals surface area contributed by atoms with Crippen molar-refractivity contribution in [2.45, 2.75) is 40.5 Å². The average Bonchev–Trinajstić information content (AvgIpc) is 2.56. The minimum Gasteiger partial charge on any atom is -0.490 e. The van der Waals surface area contributed by atoms with Crippen molar-refractivity contribution in [3.8, 4) is 11.5 Å². The summed E-state index contributed by atoms with van der Waals surface area (Å²) in [5.74, 6) is 1.52. The van der Waals surface area contributed by atoms with Gasteiger partial charge in [-0.3, -0.25) is 5.43 Å². The average molecular weight is 337 g/mol. The second-order valence-electron chi connectivity index (χ2n) is 5.03. The summed E-state index contributed by atoms with van der Waals surface area (Å²) >= 11 is 5.10. The lowest BCUT2D eigenvalue weighted by atomic mass is 10.1. The van der Waals surface area contributed by atoms with Gasteiger partial charge in [-0.15, -0.1) is 0 Å². The lowest BCUT2D eigenvalue weighted by molar-refractivity contribution is 0.268. The number of hydrogen-bond donors (Lipinski definition) is 2. The van der Waals surface area contributed by atoms with Crippen LogP contribution in [-0.2, 0) is 0 Å². The van der Waals surface area contributed by atoms with Gasteiger partial charge in [-0.25, -0.2) is 0 Å². The monoisotopic (exact) mass is 337 g/mol. The highest BCUT2D eigenvalue weighted by Crippen LogP contribution is 2.29. The van der Waals surface area contributed by atoms with E-state index in [1.807, 2.05) is 32.0 Å². The summed E-state index contributed by atoms with van der Waals surface area (Å²) in [6.07, 6.45) is 1.91. The smallest absolute Gasteiger partial charge is 0.186 e. The zero-order chi connectivity index (χ0) is 17.1. The molecule has 0 aliphatic carbocycles. The molecule has 0 aromatic heterocycles. The summed E-state index contributed by atoms with van der Waals surface area (Å²) in [6.45, 7) is 10.2. The van der Waals surface area contributed by atoms with Gasteiger partial charge in [0.05, 0.1) is 18.9 Å². The lowest BCUT2D eigenvalue weighted by Gasteiger charge is -2.13. The van der Waals surface area contributed by atoms with Crippen molar-refractivity contribution >= 4 is 23.0 Å². The van der Waals surface area contributed by atoms with Crippen molar-refractivity contribution in [3.63, 3.8) is 0 Å². The summed E-state index contributed by atoms with van der Waals surface area (Å²) in [5.41, 5.74) is 4.62. The summed E-state index contributed by atoms with van der Waals surface area (Å²) in [5, 5.41) is 7.80. The van der Waals surface area contributed by atoms with E-state index in [-0.39, 0.29) is 0 Å². The highest BCUT2D eigenvalue weighted by atomic mass is 32.1. The molecule has 0 saturated carbocycles. The van der Waals surface area contributed by atoms with Crippen LogP contribution >= 0.6 is 12.2 Å². The molecule has 0 radical (unpaired) electrons. The number of benzene rings is 1. The van der Waals surface area contributed by atoms with E-state index in [1.165, 1.54) is 0 Å². The molecule has 128 valence electrons. The van der Waals surface area contributed by atoms with Crippen LogP contribution < -0.4 is 20.2 Å². The molecule has 0 aliphatic rings. The molecular formula is C17H27N3O2S. The number of rotatable bonds is 9. The number of ether oxygens (including phenoxy) is 2. The quantitative estimate of drug-likeness (QED) is 0.410. The molecule has 6 heteroatoms. The molecule has 0 saturated heterocycles. The van der Waals surface area contributed by atoms with E-state index in [0.717, 1.165) is 42.2 Å². The maximum absolute atomic E-state index is 5.80. The van der Waals surface area contributed by atoms with Crippen molar-refractivity contribution in [1.82, 2.24) is 10.7 Å². The van der Waals surface area contributed by atoms with E-state index in [1.54, 1.807) is 0 Å². The minimum absolute atomic E-state index is 0.511. The maximum atomic E-state index is 5.80. The van der Waals surface area contributed by atoms with Crippen LogP contribution in [0.4, 0.5) is 0 Å². The van der Waals surface area contributed by atoms with Crippen LogP contribution in [0.5, 0.6) is 11.5 Å². The highest BCUT2D eigenvalue weighted by Gasteiger charge is 2.08. The predicted molar refractivity (Wildman–Crippen MR) is 99.6 cm³/mol. The van der Waals surface area contributed by atoms with Gasteiger partial charge >= 0.3 is 0 Å². The van der Waals surface area contributed by atoms with Gasteiger partial charge in [0.25, 0.3) is 0 Å². The molecule has 0 heterocycles. The normalized spacial score (nSPS) is 11.0. The van der Waals surface area contributed by atoms with Crippen molar-refractivity contribution in [1.29, 1.82) is 0 Å². The lowest BCUT2D eigenvalue weighted by Crippen LogP contribution is -2.32. The van der Waals surface area contributed by atoms with Crippen LogP contribution in [0.1, 0.15) is 46.1 Å². The molecule has 0 unspecified atom stereocenters. The molecular weight excluding hydrogens is 310 g/mol. The largest absolute Gasteiger partial charge is 0.490 e. The number of nitrogens with one attached hydrogen (secondary N) is 2. The summed E-state index contributed by atoms with van der Waals surface area (Å²) < 4.78 is 11.5. The number of hydrogen-bond acceptors (Lipinski definition) is 4. The van der Waals surface area contributed by atoms with Gasteiger partial charge in [-0.05, 0) is 57.1 Å². The Balaban J connectivity index is 2.89. The van der Waals surface area contributed by atoms with Crippen LogP contribution in [0.3, 0.4) is 0 Å². The van der Waals surface area contributed by atoms with E-state index < -0.39 is 0 Å². The third kappa shape index (κ3) is 6.86. The summed E-state index contributed by atoms with van der Waals surface area (Å²) in [4.78, 5) is 0. The molecule has 0 amide bonds. The van der Waals surface area contributed by atoms with Crippen molar-refractivity contribution in [2.24, 2.45) is 5.10 Å². The Bertz CT molecular complexity index is 533. The van der Waals surface area contributed by atoms with Crippen LogP contribution in [-0.4, -0.2) is 30.6 Å². The first-order valence-electron chi connectivity index (χ1n) is 8.10. The third-order valence-corrected chi connectivity index (χ3v) is 3.18. The Hall–Kier alpha value is -1.82. The number of nitrogens with zero attached hydrogens (tertiary/aromatic N) is 1. The summed E-state index contributed by atoms with van der Waals surface area (Å²) in [6, 6.07) is 5.86. The van der Waals surface area contributed by atoms with Crippen molar-refractivity contribution in [3.05, 3.63) is 23.8 Å². The first-order valence-corrected chi connectivity index (χ1v) is 8.51. The molecule has 0 fully saturated rings. The Labute approximate surface area is 144 Å².